The summed E-state index contributed by atoms with van der Waals surface area (Å²) in [5.41, 5.74) is 1.63. The maximum absolute atomic E-state index is 12.5. The lowest BCUT2D eigenvalue weighted by Gasteiger charge is -2.23. The number of thiazole rings is 1. The van der Waals surface area contributed by atoms with Crippen LogP contribution < -0.4 is 14.8 Å². The molecule has 0 radical (unpaired) electrons. The predicted octanol–water partition coefficient (Wildman–Crippen LogP) is 3.31. The van der Waals surface area contributed by atoms with Crippen LogP contribution >= 0.6 is 11.3 Å². The van der Waals surface area contributed by atoms with E-state index < -0.39 is 0 Å². The van der Waals surface area contributed by atoms with E-state index in [1.807, 2.05) is 35.4 Å². The van der Waals surface area contributed by atoms with Gasteiger partial charge in [0.15, 0.2) is 11.5 Å². The van der Waals surface area contributed by atoms with Crippen LogP contribution in [-0.4, -0.2) is 40.7 Å². The molecule has 7 nitrogen and oxygen atoms in total. The molecule has 1 aliphatic carbocycles. The van der Waals surface area contributed by atoms with Crippen molar-refractivity contribution in [3.05, 3.63) is 39.8 Å². The molecule has 2 aromatic rings. The third-order valence-corrected chi connectivity index (χ3v) is 5.34. The number of urea groups is 1. The molecule has 0 spiro atoms. The molecule has 3 rings (SSSR count). The molecule has 152 valence electrons. The molecule has 8 heteroatoms. The summed E-state index contributed by atoms with van der Waals surface area (Å²) in [6.45, 7) is 3.48. The number of aliphatic hydroxyl groups excluding tert-OH is 1. The van der Waals surface area contributed by atoms with Gasteiger partial charge in [-0.15, -0.1) is 11.3 Å². The van der Waals surface area contributed by atoms with Crippen LogP contribution in [0.25, 0.3) is 0 Å². The molecule has 0 saturated heterocycles. The summed E-state index contributed by atoms with van der Waals surface area (Å²) in [5.74, 6) is 1.25. The Morgan fingerprint density at radius 1 is 1.39 bits per heavy atom. The van der Waals surface area contributed by atoms with E-state index in [2.05, 4.69) is 10.3 Å². The Labute approximate surface area is 169 Å². The van der Waals surface area contributed by atoms with Crippen LogP contribution in [0.3, 0.4) is 0 Å². The number of aromatic nitrogens is 1. The summed E-state index contributed by atoms with van der Waals surface area (Å²) in [5, 5.41) is 14.7. The Morgan fingerprint density at radius 2 is 2.21 bits per heavy atom. The molecular formula is C20H27N3O4S. The van der Waals surface area contributed by atoms with E-state index in [9.17, 15) is 4.79 Å². The monoisotopic (exact) mass is 405 g/mol. The van der Waals surface area contributed by atoms with Gasteiger partial charge in [0.25, 0.3) is 0 Å². The molecule has 0 bridgehead atoms. The van der Waals surface area contributed by atoms with Crippen LogP contribution in [-0.2, 0) is 19.8 Å². The normalized spacial score (nSPS) is 13.2. The maximum Gasteiger partial charge on any atom is 0.317 e. The van der Waals surface area contributed by atoms with E-state index in [0.29, 0.717) is 42.9 Å². The van der Waals surface area contributed by atoms with E-state index in [1.165, 1.54) is 11.3 Å². The summed E-state index contributed by atoms with van der Waals surface area (Å²) in [6.07, 6.45) is 3.02. The lowest BCUT2D eigenvalue weighted by molar-refractivity contribution is 0.192. The third-order valence-electron chi connectivity index (χ3n) is 4.47. The van der Waals surface area contributed by atoms with E-state index in [4.69, 9.17) is 14.6 Å². The summed E-state index contributed by atoms with van der Waals surface area (Å²) >= 11 is 1.45. The summed E-state index contributed by atoms with van der Waals surface area (Å²) < 4.78 is 11.3. The highest BCUT2D eigenvalue weighted by Gasteiger charge is 2.32. The van der Waals surface area contributed by atoms with Gasteiger partial charge in [-0.2, -0.15) is 0 Å². The zero-order valence-electron chi connectivity index (χ0n) is 16.3. The highest BCUT2D eigenvalue weighted by molar-refractivity contribution is 7.09. The van der Waals surface area contributed by atoms with Crippen LogP contribution in [0.4, 0.5) is 4.79 Å². The Balaban J connectivity index is 1.69. The Bertz CT molecular complexity index is 792. The van der Waals surface area contributed by atoms with Gasteiger partial charge in [-0.1, -0.05) is 13.0 Å². The first-order valence-corrected chi connectivity index (χ1v) is 10.4. The average molecular weight is 406 g/mol. The molecule has 1 heterocycles. The fourth-order valence-electron chi connectivity index (χ4n) is 2.84. The van der Waals surface area contributed by atoms with Gasteiger partial charge in [-0.25, -0.2) is 9.78 Å². The summed E-state index contributed by atoms with van der Waals surface area (Å²) in [4.78, 5) is 18.7. The molecule has 2 amide bonds. The number of amides is 2. The first-order chi connectivity index (χ1) is 13.6. The minimum Gasteiger partial charge on any atom is -0.493 e. The number of hydrogen-bond acceptors (Lipinski definition) is 6. The van der Waals surface area contributed by atoms with Crippen LogP contribution in [0.15, 0.2) is 23.6 Å². The molecule has 0 unspecified atom stereocenters. The molecule has 28 heavy (non-hydrogen) atoms. The van der Waals surface area contributed by atoms with Crippen molar-refractivity contribution in [1.82, 2.24) is 15.2 Å². The topological polar surface area (TPSA) is 83.9 Å². The maximum atomic E-state index is 12.5. The van der Waals surface area contributed by atoms with Crippen molar-refractivity contribution in [3.63, 3.8) is 0 Å². The second kappa shape index (κ2) is 9.75. The number of carbonyl (C=O) groups is 1. The number of hydrogen-bond donors (Lipinski definition) is 2. The minimum atomic E-state index is -0.0770. The molecule has 1 saturated carbocycles. The highest BCUT2D eigenvalue weighted by Crippen LogP contribution is 2.32. The van der Waals surface area contributed by atoms with Crippen molar-refractivity contribution in [2.24, 2.45) is 0 Å². The molecular weight excluding hydrogens is 378 g/mol. The fraction of sp³-hybridized carbons (Fsp3) is 0.500. The van der Waals surface area contributed by atoms with E-state index in [1.54, 1.807) is 7.11 Å². The number of benzene rings is 1. The van der Waals surface area contributed by atoms with Crippen molar-refractivity contribution in [2.45, 2.75) is 52.0 Å². The first-order valence-electron chi connectivity index (χ1n) is 9.53. The lowest BCUT2D eigenvalue weighted by atomic mass is 10.2. The number of nitrogens with zero attached hydrogens (tertiary/aromatic N) is 2. The number of ether oxygens (including phenoxy) is 2. The van der Waals surface area contributed by atoms with Gasteiger partial charge in [0.2, 0.25) is 0 Å². The smallest absolute Gasteiger partial charge is 0.317 e. The van der Waals surface area contributed by atoms with E-state index in [0.717, 1.165) is 29.8 Å². The molecule has 1 aromatic heterocycles. The summed E-state index contributed by atoms with van der Waals surface area (Å²) in [7, 11) is 1.60. The van der Waals surface area contributed by atoms with E-state index in [-0.39, 0.29) is 12.6 Å². The summed E-state index contributed by atoms with van der Waals surface area (Å²) in [6, 6.07) is 6.04. The number of rotatable bonds is 10. The highest BCUT2D eigenvalue weighted by atomic mass is 32.1. The van der Waals surface area contributed by atoms with Crippen molar-refractivity contribution in [3.8, 4) is 11.5 Å². The lowest BCUT2D eigenvalue weighted by Crippen LogP contribution is -2.41. The Hall–Kier alpha value is -2.32. The second-order valence-electron chi connectivity index (χ2n) is 6.76. The SMILES string of the molecule is CCCNC(=O)N(Cc1ccc(OC)c(OCc2nc(CO)cs2)c1)C1CC1. The Kier molecular flexibility index (Phi) is 7.11. The van der Waals surface area contributed by atoms with Gasteiger partial charge in [-0.05, 0) is 37.0 Å². The standard InChI is InChI=1S/C20H27N3O4S/c1-3-8-21-20(25)23(16-5-6-16)10-14-4-7-17(26-2)18(9-14)27-12-19-22-15(11-24)13-28-19/h4,7,9,13,16,24H,3,5-6,8,10-12H2,1-2H3,(H,21,25). The molecule has 0 atom stereocenters. The van der Waals surface area contributed by atoms with Gasteiger partial charge in [0.1, 0.15) is 11.6 Å². The van der Waals surface area contributed by atoms with Gasteiger partial charge < -0.3 is 24.8 Å². The van der Waals surface area contributed by atoms with Crippen molar-refractivity contribution in [2.75, 3.05) is 13.7 Å². The molecule has 1 fully saturated rings. The van der Waals surface area contributed by atoms with Gasteiger partial charge >= 0.3 is 6.03 Å². The fourth-order valence-corrected chi connectivity index (χ4v) is 3.54. The van der Waals surface area contributed by atoms with Gasteiger partial charge in [-0.3, -0.25) is 0 Å². The molecule has 2 N–H and O–H groups in total. The van der Waals surface area contributed by atoms with Crippen molar-refractivity contribution >= 4 is 17.4 Å². The number of nitrogens with one attached hydrogen (secondary N) is 1. The second-order valence-corrected chi connectivity index (χ2v) is 7.70. The number of carbonyl (C=O) groups excluding carboxylic acids is 1. The third kappa shape index (κ3) is 5.36. The van der Waals surface area contributed by atoms with Crippen molar-refractivity contribution in [1.29, 1.82) is 0 Å². The number of methoxy groups -OCH3 is 1. The quantitative estimate of drug-likeness (QED) is 0.634. The largest absolute Gasteiger partial charge is 0.493 e. The zero-order chi connectivity index (χ0) is 19.9. The van der Waals surface area contributed by atoms with Crippen LogP contribution in [0.2, 0.25) is 0 Å². The molecule has 1 aromatic carbocycles. The minimum absolute atomic E-state index is 0.0121. The predicted molar refractivity (Wildman–Crippen MR) is 108 cm³/mol. The van der Waals surface area contributed by atoms with Crippen LogP contribution in [0.1, 0.15) is 42.5 Å². The number of aliphatic hydroxyl groups is 1. The van der Waals surface area contributed by atoms with Gasteiger partial charge in [0, 0.05) is 24.5 Å². The first kappa shape index (κ1) is 20.4. The Morgan fingerprint density at radius 3 is 2.86 bits per heavy atom. The molecule has 0 aliphatic heterocycles. The average Bonchev–Trinajstić information content (AvgIpc) is 3.45. The molecule has 1 aliphatic rings. The van der Waals surface area contributed by atoms with Crippen molar-refractivity contribution < 1.29 is 19.4 Å². The van der Waals surface area contributed by atoms with Gasteiger partial charge in [0.05, 0.1) is 19.4 Å². The van der Waals surface area contributed by atoms with Crippen LogP contribution in [0.5, 0.6) is 11.5 Å². The van der Waals surface area contributed by atoms with Crippen LogP contribution in [0, 0.1) is 0 Å². The van der Waals surface area contributed by atoms with E-state index >= 15 is 0 Å². The zero-order valence-corrected chi connectivity index (χ0v) is 17.1.